The van der Waals surface area contributed by atoms with Gasteiger partial charge in [0.2, 0.25) is 0 Å². The number of likely N-dealkylation sites (tertiary alicyclic amines) is 1. The fourth-order valence-corrected chi connectivity index (χ4v) is 1.98. The van der Waals surface area contributed by atoms with E-state index in [-0.39, 0.29) is 0 Å². The number of nitrogens with one attached hydrogen (secondary N) is 1. The maximum absolute atomic E-state index is 5.49. The second-order valence-electron chi connectivity index (χ2n) is 4.63. The third kappa shape index (κ3) is 5.50. The number of ether oxygens (including phenoxy) is 1. The van der Waals surface area contributed by atoms with Crippen molar-refractivity contribution in [3.05, 3.63) is 0 Å². The van der Waals surface area contributed by atoms with Gasteiger partial charge in [-0.3, -0.25) is 4.90 Å². The van der Waals surface area contributed by atoms with Crippen LogP contribution in [0.2, 0.25) is 0 Å². The molecule has 1 aliphatic rings. The molecule has 0 radical (unpaired) electrons. The summed E-state index contributed by atoms with van der Waals surface area (Å²) in [7, 11) is 0. The molecule has 1 fully saturated rings. The summed E-state index contributed by atoms with van der Waals surface area (Å²) in [5, 5.41) is 3.54. The van der Waals surface area contributed by atoms with E-state index in [1.54, 1.807) is 0 Å². The number of terminal acetylenes is 1. The largest absolute Gasteiger partial charge is 0.377 e. The molecule has 3 nitrogen and oxygen atoms in total. The van der Waals surface area contributed by atoms with E-state index in [9.17, 15) is 0 Å². The first kappa shape index (κ1) is 13.5. The second-order valence-corrected chi connectivity index (χ2v) is 4.63. The molecule has 0 aromatic rings. The Morgan fingerprint density at radius 3 is 2.69 bits per heavy atom. The van der Waals surface area contributed by atoms with Crippen LogP contribution in [0.3, 0.4) is 0 Å². The van der Waals surface area contributed by atoms with Crippen molar-refractivity contribution in [1.29, 1.82) is 0 Å². The Hall–Kier alpha value is -0.560. The molecule has 0 aromatic heterocycles. The van der Waals surface area contributed by atoms with Gasteiger partial charge in [0.1, 0.15) is 0 Å². The van der Waals surface area contributed by atoms with Crippen LogP contribution in [-0.4, -0.2) is 49.8 Å². The van der Waals surface area contributed by atoms with Crippen molar-refractivity contribution < 1.29 is 4.74 Å². The van der Waals surface area contributed by atoms with Crippen molar-refractivity contribution in [3.63, 3.8) is 0 Å². The van der Waals surface area contributed by atoms with Crippen molar-refractivity contribution in [3.8, 4) is 12.3 Å². The third-order valence-corrected chi connectivity index (χ3v) is 2.89. The minimum atomic E-state index is 0.333. The average molecular weight is 224 g/mol. The maximum Gasteiger partial charge on any atom is 0.0598 e. The van der Waals surface area contributed by atoms with Crippen molar-refractivity contribution in [2.45, 2.75) is 38.8 Å². The molecule has 16 heavy (non-hydrogen) atoms. The van der Waals surface area contributed by atoms with Crippen LogP contribution in [0.4, 0.5) is 0 Å². The SMILES string of the molecule is C#CCN1CCC(NCCOC(C)C)CC1. The van der Waals surface area contributed by atoms with Gasteiger partial charge in [0.05, 0.1) is 19.3 Å². The molecule has 0 aromatic carbocycles. The van der Waals surface area contributed by atoms with Crippen LogP contribution in [0.25, 0.3) is 0 Å². The molecule has 1 aliphatic heterocycles. The minimum absolute atomic E-state index is 0.333. The van der Waals surface area contributed by atoms with E-state index in [0.29, 0.717) is 12.1 Å². The van der Waals surface area contributed by atoms with Crippen LogP contribution >= 0.6 is 0 Å². The number of rotatable bonds is 6. The topological polar surface area (TPSA) is 24.5 Å². The quantitative estimate of drug-likeness (QED) is 0.540. The molecule has 1 N–H and O–H groups in total. The zero-order chi connectivity index (χ0) is 11.8. The third-order valence-electron chi connectivity index (χ3n) is 2.89. The molecule has 0 spiro atoms. The predicted octanol–water partition coefficient (Wildman–Crippen LogP) is 1.10. The van der Waals surface area contributed by atoms with Crippen LogP contribution in [0, 0.1) is 12.3 Å². The Morgan fingerprint density at radius 1 is 1.44 bits per heavy atom. The summed E-state index contributed by atoms with van der Waals surface area (Å²) in [6.07, 6.45) is 8.02. The fraction of sp³-hybridized carbons (Fsp3) is 0.846. The smallest absolute Gasteiger partial charge is 0.0598 e. The highest BCUT2D eigenvalue weighted by atomic mass is 16.5. The lowest BCUT2D eigenvalue weighted by Crippen LogP contribution is -2.43. The van der Waals surface area contributed by atoms with E-state index in [0.717, 1.165) is 32.8 Å². The standard InChI is InChI=1S/C13H24N2O/c1-4-8-15-9-5-13(6-10-15)14-7-11-16-12(2)3/h1,12-14H,5-11H2,2-3H3. The molecule has 0 aliphatic carbocycles. The molecule has 92 valence electrons. The lowest BCUT2D eigenvalue weighted by Gasteiger charge is -2.31. The van der Waals surface area contributed by atoms with E-state index in [1.807, 2.05) is 0 Å². The van der Waals surface area contributed by atoms with Crippen molar-refractivity contribution >= 4 is 0 Å². The predicted molar refractivity (Wildman–Crippen MR) is 67.4 cm³/mol. The van der Waals surface area contributed by atoms with Crippen molar-refractivity contribution in [2.75, 3.05) is 32.8 Å². The van der Waals surface area contributed by atoms with Gasteiger partial charge in [-0.05, 0) is 26.7 Å². The maximum atomic E-state index is 5.49. The molecular weight excluding hydrogens is 200 g/mol. The van der Waals surface area contributed by atoms with Crippen LogP contribution in [0.5, 0.6) is 0 Å². The van der Waals surface area contributed by atoms with Crippen LogP contribution in [-0.2, 0) is 4.74 Å². The van der Waals surface area contributed by atoms with Gasteiger partial charge in [0, 0.05) is 25.7 Å². The van der Waals surface area contributed by atoms with Gasteiger partial charge < -0.3 is 10.1 Å². The molecule has 0 amide bonds. The van der Waals surface area contributed by atoms with Gasteiger partial charge in [-0.25, -0.2) is 0 Å². The number of hydrogen-bond donors (Lipinski definition) is 1. The number of nitrogens with zero attached hydrogens (tertiary/aromatic N) is 1. The van der Waals surface area contributed by atoms with E-state index in [4.69, 9.17) is 11.2 Å². The Labute approximate surface area is 99.5 Å². The van der Waals surface area contributed by atoms with Crippen LogP contribution in [0.1, 0.15) is 26.7 Å². The summed E-state index contributed by atoms with van der Waals surface area (Å²) in [4.78, 5) is 2.34. The van der Waals surface area contributed by atoms with E-state index in [1.165, 1.54) is 12.8 Å². The summed E-state index contributed by atoms with van der Waals surface area (Å²) in [6.45, 7) is 8.93. The monoisotopic (exact) mass is 224 g/mol. The molecule has 1 rings (SSSR count). The normalized spacial score (nSPS) is 18.9. The highest BCUT2D eigenvalue weighted by molar-refractivity contribution is 4.90. The number of piperidine rings is 1. The van der Waals surface area contributed by atoms with Gasteiger partial charge in [-0.1, -0.05) is 5.92 Å². The second kappa shape index (κ2) is 7.67. The first-order chi connectivity index (χ1) is 7.72. The molecule has 0 unspecified atom stereocenters. The van der Waals surface area contributed by atoms with Gasteiger partial charge >= 0.3 is 0 Å². The van der Waals surface area contributed by atoms with E-state index in [2.05, 4.69) is 30.0 Å². The Kier molecular flexibility index (Phi) is 6.47. The Morgan fingerprint density at radius 2 is 2.12 bits per heavy atom. The first-order valence-electron chi connectivity index (χ1n) is 6.23. The van der Waals surface area contributed by atoms with Crippen LogP contribution in [0.15, 0.2) is 0 Å². The van der Waals surface area contributed by atoms with Gasteiger partial charge in [-0.2, -0.15) is 0 Å². The summed E-state index contributed by atoms with van der Waals surface area (Å²) < 4.78 is 5.49. The Bertz CT molecular complexity index is 214. The molecule has 0 atom stereocenters. The lowest BCUT2D eigenvalue weighted by atomic mass is 10.1. The van der Waals surface area contributed by atoms with E-state index >= 15 is 0 Å². The zero-order valence-electron chi connectivity index (χ0n) is 10.5. The van der Waals surface area contributed by atoms with E-state index < -0.39 is 0 Å². The van der Waals surface area contributed by atoms with Gasteiger partial charge in [0.25, 0.3) is 0 Å². The summed E-state index contributed by atoms with van der Waals surface area (Å²) in [6, 6.07) is 0.643. The van der Waals surface area contributed by atoms with Gasteiger partial charge in [-0.15, -0.1) is 6.42 Å². The van der Waals surface area contributed by atoms with Crippen LogP contribution < -0.4 is 5.32 Å². The fourth-order valence-electron chi connectivity index (χ4n) is 1.98. The summed E-state index contributed by atoms with van der Waals surface area (Å²) in [5.74, 6) is 2.70. The molecule has 1 heterocycles. The molecular formula is C13H24N2O. The van der Waals surface area contributed by atoms with Gasteiger partial charge in [0.15, 0.2) is 0 Å². The average Bonchev–Trinajstić information content (AvgIpc) is 2.27. The lowest BCUT2D eigenvalue weighted by molar-refractivity contribution is 0.0774. The summed E-state index contributed by atoms with van der Waals surface area (Å²) >= 11 is 0. The Balaban J connectivity index is 2.02. The zero-order valence-corrected chi connectivity index (χ0v) is 10.5. The highest BCUT2D eigenvalue weighted by Crippen LogP contribution is 2.09. The summed E-state index contributed by atoms with van der Waals surface area (Å²) in [5.41, 5.74) is 0. The minimum Gasteiger partial charge on any atom is -0.377 e. The number of hydrogen-bond acceptors (Lipinski definition) is 3. The van der Waals surface area contributed by atoms with Crippen molar-refractivity contribution in [2.24, 2.45) is 0 Å². The molecule has 0 saturated carbocycles. The molecule has 3 heteroatoms. The first-order valence-corrected chi connectivity index (χ1v) is 6.23. The highest BCUT2D eigenvalue weighted by Gasteiger charge is 2.17. The molecule has 1 saturated heterocycles. The molecule has 0 bridgehead atoms. The van der Waals surface area contributed by atoms with Crippen molar-refractivity contribution in [1.82, 2.24) is 10.2 Å².